The summed E-state index contributed by atoms with van der Waals surface area (Å²) in [6.07, 6.45) is 6.09. The highest BCUT2D eigenvalue weighted by Gasteiger charge is 2.20. The number of benzene rings is 1. The maximum atomic E-state index is 4.39. The fourth-order valence-corrected chi connectivity index (χ4v) is 3.82. The number of para-hydroxylation sites is 1. The second kappa shape index (κ2) is 9.41. The number of aliphatic imine (C=N–C) groups is 1. The highest BCUT2D eigenvalue weighted by molar-refractivity contribution is 5.79. The average Bonchev–Trinajstić information content (AvgIpc) is 3.20. The molecule has 0 radical (unpaired) electrons. The Balaban J connectivity index is 1.19. The molecular weight excluding hydrogens is 362 g/mol. The number of fused-ring (bicyclic) bond motifs is 1. The van der Waals surface area contributed by atoms with Gasteiger partial charge in [-0.2, -0.15) is 0 Å². The third-order valence-corrected chi connectivity index (χ3v) is 5.43. The quantitative estimate of drug-likeness (QED) is 0.384. The molecule has 152 valence electrons. The Labute approximate surface area is 171 Å². The normalized spacial score (nSPS) is 15.6. The van der Waals surface area contributed by atoms with Crippen LogP contribution in [0, 0.1) is 0 Å². The van der Waals surface area contributed by atoms with Gasteiger partial charge in [0.25, 0.3) is 0 Å². The molecular formula is C22H29N7. The number of nitrogens with zero attached hydrogens (tertiary/aromatic N) is 5. The summed E-state index contributed by atoms with van der Waals surface area (Å²) in [5.74, 6) is 1.88. The molecule has 2 N–H and O–H groups in total. The van der Waals surface area contributed by atoms with Gasteiger partial charge in [-0.1, -0.05) is 24.3 Å². The molecule has 7 heteroatoms. The summed E-state index contributed by atoms with van der Waals surface area (Å²) in [7, 11) is 1.83. The lowest BCUT2D eigenvalue weighted by atomic mass is 10.0. The summed E-state index contributed by atoms with van der Waals surface area (Å²) < 4.78 is 2.05. The number of rotatable bonds is 6. The Morgan fingerprint density at radius 2 is 1.86 bits per heavy atom. The van der Waals surface area contributed by atoms with Crippen molar-refractivity contribution in [1.82, 2.24) is 25.2 Å². The first-order chi connectivity index (χ1) is 14.3. The first kappa shape index (κ1) is 19.2. The van der Waals surface area contributed by atoms with Crippen molar-refractivity contribution >= 4 is 17.3 Å². The van der Waals surface area contributed by atoms with Crippen molar-refractivity contribution in [3.05, 3.63) is 60.6 Å². The topological polar surface area (TPSA) is 69.8 Å². The zero-order chi connectivity index (χ0) is 19.9. The van der Waals surface area contributed by atoms with Crippen LogP contribution in [0.4, 0.5) is 5.69 Å². The van der Waals surface area contributed by atoms with E-state index in [1.807, 2.05) is 35.8 Å². The summed E-state index contributed by atoms with van der Waals surface area (Å²) >= 11 is 0. The molecule has 0 saturated carbocycles. The predicted octanol–water partition coefficient (Wildman–Crippen LogP) is 2.50. The molecule has 0 spiro atoms. The highest BCUT2D eigenvalue weighted by Crippen LogP contribution is 2.19. The Morgan fingerprint density at radius 1 is 1.07 bits per heavy atom. The molecule has 1 aliphatic rings. The first-order valence-corrected chi connectivity index (χ1v) is 10.4. The van der Waals surface area contributed by atoms with Crippen LogP contribution in [0.2, 0.25) is 0 Å². The van der Waals surface area contributed by atoms with Crippen LogP contribution in [0.15, 0.2) is 59.7 Å². The van der Waals surface area contributed by atoms with Gasteiger partial charge in [0.05, 0.1) is 0 Å². The SMILES string of the molecule is CN=C(NCCCc1nnc2ccccn12)NC1CCN(c2ccccc2)CC1. The number of hydrogen-bond donors (Lipinski definition) is 2. The average molecular weight is 392 g/mol. The van der Waals surface area contributed by atoms with Crippen LogP contribution in [0.25, 0.3) is 5.65 Å². The largest absolute Gasteiger partial charge is 0.371 e. The fraction of sp³-hybridized carbons (Fsp3) is 0.409. The fourth-order valence-electron chi connectivity index (χ4n) is 3.82. The Bertz CT molecular complexity index is 926. The van der Waals surface area contributed by atoms with E-state index >= 15 is 0 Å². The van der Waals surface area contributed by atoms with Gasteiger partial charge in [0.1, 0.15) is 5.82 Å². The number of anilines is 1. The molecule has 1 aliphatic heterocycles. The van der Waals surface area contributed by atoms with Crippen LogP contribution in [-0.4, -0.2) is 53.3 Å². The van der Waals surface area contributed by atoms with Crippen LogP contribution < -0.4 is 15.5 Å². The molecule has 1 fully saturated rings. The highest BCUT2D eigenvalue weighted by atomic mass is 15.2. The van der Waals surface area contributed by atoms with Gasteiger partial charge in [-0.15, -0.1) is 10.2 Å². The summed E-state index contributed by atoms with van der Waals surface area (Å²) in [6, 6.07) is 17.1. The third kappa shape index (κ3) is 4.85. The van der Waals surface area contributed by atoms with Gasteiger partial charge in [-0.3, -0.25) is 9.39 Å². The van der Waals surface area contributed by atoms with E-state index in [4.69, 9.17) is 0 Å². The number of nitrogens with one attached hydrogen (secondary N) is 2. The maximum absolute atomic E-state index is 4.39. The molecule has 0 atom stereocenters. The maximum Gasteiger partial charge on any atom is 0.191 e. The monoisotopic (exact) mass is 391 g/mol. The van der Waals surface area contributed by atoms with Crippen LogP contribution in [-0.2, 0) is 6.42 Å². The minimum absolute atomic E-state index is 0.460. The van der Waals surface area contributed by atoms with Crippen molar-refractivity contribution in [3.8, 4) is 0 Å². The van der Waals surface area contributed by atoms with Crippen molar-refractivity contribution < 1.29 is 0 Å². The Kier molecular flexibility index (Phi) is 6.24. The predicted molar refractivity (Wildman–Crippen MR) is 117 cm³/mol. The standard InChI is InChI=1S/C22H29N7/c1-23-22(24-14-7-11-21-27-26-20-10-5-6-15-29(20)21)25-18-12-16-28(17-13-18)19-8-3-2-4-9-19/h2-6,8-10,15,18H,7,11-14,16-17H2,1H3,(H2,23,24,25). The number of piperidine rings is 1. The second-order valence-corrected chi connectivity index (χ2v) is 7.39. The molecule has 3 aromatic rings. The van der Waals surface area contributed by atoms with Crippen molar-refractivity contribution in [2.45, 2.75) is 31.7 Å². The van der Waals surface area contributed by atoms with Crippen LogP contribution in [0.5, 0.6) is 0 Å². The van der Waals surface area contributed by atoms with Crippen molar-refractivity contribution in [1.29, 1.82) is 0 Å². The lowest BCUT2D eigenvalue weighted by Crippen LogP contribution is -2.48. The summed E-state index contributed by atoms with van der Waals surface area (Å²) in [6.45, 7) is 2.99. The molecule has 1 saturated heterocycles. The van der Waals surface area contributed by atoms with E-state index in [1.165, 1.54) is 5.69 Å². The summed E-state index contributed by atoms with van der Waals surface area (Å²) in [5.41, 5.74) is 2.21. The summed E-state index contributed by atoms with van der Waals surface area (Å²) in [4.78, 5) is 6.85. The minimum atomic E-state index is 0.460. The van der Waals surface area contributed by atoms with Gasteiger partial charge >= 0.3 is 0 Å². The van der Waals surface area contributed by atoms with Gasteiger partial charge in [-0.25, -0.2) is 0 Å². The van der Waals surface area contributed by atoms with E-state index in [0.717, 1.165) is 62.7 Å². The molecule has 4 rings (SSSR count). The zero-order valence-corrected chi connectivity index (χ0v) is 17.0. The van der Waals surface area contributed by atoms with Crippen LogP contribution in [0.3, 0.4) is 0 Å². The lowest BCUT2D eigenvalue weighted by molar-refractivity contribution is 0.461. The lowest BCUT2D eigenvalue weighted by Gasteiger charge is -2.34. The molecule has 0 amide bonds. The first-order valence-electron chi connectivity index (χ1n) is 10.4. The Hall–Kier alpha value is -3.09. The van der Waals surface area contributed by atoms with Gasteiger partial charge < -0.3 is 15.5 Å². The van der Waals surface area contributed by atoms with E-state index in [1.54, 1.807) is 0 Å². The number of aryl methyl sites for hydroxylation is 1. The molecule has 1 aromatic carbocycles. The van der Waals surface area contributed by atoms with Gasteiger partial charge in [0.2, 0.25) is 0 Å². The molecule has 7 nitrogen and oxygen atoms in total. The number of pyridine rings is 1. The molecule has 3 heterocycles. The molecule has 29 heavy (non-hydrogen) atoms. The van der Waals surface area contributed by atoms with Crippen molar-refractivity contribution in [3.63, 3.8) is 0 Å². The molecule has 0 aliphatic carbocycles. The van der Waals surface area contributed by atoms with Gasteiger partial charge in [0.15, 0.2) is 11.6 Å². The Morgan fingerprint density at radius 3 is 2.66 bits per heavy atom. The van der Waals surface area contributed by atoms with Gasteiger partial charge in [-0.05, 0) is 43.5 Å². The van der Waals surface area contributed by atoms with E-state index in [0.29, 0.717) is 6.04 Å². The number of guanidine groups is 1. The smallest absolute Gasteiger partial charge is 0.191 e. The third-order valence-electron chi connectivity index (χ3n) is 5.43. The van der Waals surface area contributed by atoms with Crippen LogP contribution in [0.1, 0.15) is 25.1 Å². The van der Waals surface area contributed by atoms with Crippen LogP contribution >= 0.6 is 0 Å². The number of hydrogen-bond acceptors (Lipinski definition) is 4. The number of aromatic nitrogens is 3. The molecule has 0 bridgehead atoms. The molecule has 2 aromatic heterocycles. The van der Waals surface area contributed by atoms with E-state index in [-0.39, 0.29) is 0 Å². The van der Waals surface area contributed by atoms with Crippen molar-refractivity contribution in [2.24, 2.45) is 4.99 Å². The minimum Gasteiger partial charge on any atom is -0.371 e. The van der Waals surface area contributed by atoms with E-state index < -0.39 is 0 Å². The van der Waals surface area contributed by atoms with Crippen molar-refractivity contribution in [2.75, 3.05) is 31.6 Å². The summed E-state index contributed by atoms with van der Waals surface area (Å²) in [5, 5.41) is 15.5. The molecule has 0 unspecified atom stereocenters. The van der Waals surface area contributed by atoms with E-state index in [2.05, 4.69) is 61.1 Å². The van der Waals surface area contributed by atoms with E-state index in [9.17, 15) is 0 Å². The zero-order valence-electron chi connectivity index (χ0n) is 17.0. The second-order valence-electron chi connectivity index (χ2n) is 7.39. The van der Waals surface area contributed by atoms with Gasteiger partial charge in [0, 0.05) is 51.0 Å².